The Balaban J connectivity index is 0.000000280. The molecule has 0 radical (unpaired) electrons. The predicted molar refractivity (Wildman–Crippen MR) is 51.5 cm³/mol. The van der Waals surface area contributed by atoms with Gasteiger partial charge in [-0.15, -0.1) is 0 Å². The molecule has 0 saturated heterocycles. The molecule has 1 aliphatic carbocycles. The smallest absolute Gasteiger partial charge is 0.872 e. The Morgan fingerprint density at radius 1 is 1.20 bits per heavy atom. The summed E-state index contributed by atoms with van der Waals surface area (Å²) in [6, 6.07) is 10.0. The van der Waals surface area contributed by atoms with Crippen molar-refractivity contribution in [1.29, 1.82) is 0 Å². The fourth-order valence-corrected chi connectivity index (χ4v) is 0.909. The third-order valence-corrected chi connectivity index (χ3v) is 1.57. The molecule has 4 heteroatoms. The number of aliphatic hydroxyl groups is 2. The quantitative estimate of drug-likeness (QED) is 0.414. The summed E-state index contributed by atoms with van der Waals surface area (Å²) in [5.74, 6) is -1.28. The van der Waals surface area contributed by atoms with Crippen LogP contribution in [0.15, 0.2) is 65.8 Å². The van der Waals surface area contributed by atoms with Gasteiger partial charge in [-0.05, 0) is 6.08 Å². The van der Waals surface area contributed by atoms with Crippen molar-refractivity contribution in [3.05, 3.63) is 65.8 Å². The van der Waals surface area contributed by atoms with Crippen molar-refractivity contribution >= 4 is 0 Å². The van der Waals surface area contributed by atoms with Gasteiger partial charge in [0.1, 0.15) is 0 Å². The van der Waals surface area contributed by atoms with Crippen molar-refractivity contribution < 1.29 is 32.4 Å². The Kier molecular flexibility index (Phi) is 6.18. The molecule has 1 aromatic rings. The van der Waals surface area contributed by atoms with E-state index in [4.69, 9.17) is 10.2 Å². The summed E-state index contributed by atoms with van der Waals surface area (Å²) in [5, 5.41) is 27.3. The van der Waals surface area contributed by atoms with Crippen molar-refractivity contribution in [2.45, 2.75) is 0 Å². The zero-order chi connectivity index (χ0) is 10.4. The van der Waals surface area contributed by atoms with Gasteiger partial charge in [0.25, 0.3) is 5.95 Å². The Morgan fingerprint density at radius 2 is 1.80 bits per heavy atom. The fraction of sp³-hybridized carbons (Fsp3) is 0. The monoisotopic (exact) mass is 246 g/mol. The van der Waals surface area contributed by atoms with E-state index in [0.29, 0.717) is 0 Å². The molecule has 1 aliphatic rings. The van der Waals surface area contributed by atoms with E-state index in [-0.39, 0.29) is 28.4 Å². The second-order valence-electron chi connectivity index (χ2n) is 2.59. The number of allylic oxidation sites excluding steroid dienone is 3. The van der Waals surface area contributed by atoms with E-state index in [0.717, 1.165) is 0 Å². The second-order valence-corrected chi connectivity index (χ2v) is 2.59. The van der Waals surface area contributed by atoms with Crippen LogP contribution in [-0.2, 0) is 17.1 Å². The summed E-state index contributed by atoms with van der Waals surface area (Å²) >= 11 is 0. The summed E-state index contributed by atoms with van der Waals surface area (Å²) in [6.45, 7) is 0. The Labute approximate surface area is 98.5 Å². The first-order chi connectivity index (χ1) is 6.72. The molecule has 0 aliphatic heterocycles. The molecule has 0 heterocycles. The molecular formula is C11H10FeO3. The SMILES string of the molecule is [Fe+2].[O-]C1=CC=CC1=C(O)O.c1cc[cH-]c1. The van der Waals surface area contributed by atoms with Gasteiger partial charge in [-0.25, -0.2) is 12.1 Å². The molecule has 0 fully saturated rings. The molecule has 0 saturated carbocycles. The van der Waals surface area contributed by atoms with Gasteiger partial charge in [-0.2, -0.15) is 18.2 Å². The summed E-state index contributed by atoms with van der Waals surface area (Å²) in [4.78, 5) is 0. The van der Waals surface area contributed by atoms with Crippen LogP contribution in [0.3, 0.4) is 0 Å². The van der Waals surface area contributed by atoms with Crippen LogP contribution in [0.2, 0.25) is 0 Å². The second kappa shape index (κ2) is 6.87. The zero-order valence-electron chi connectivity index (χ0n) is 7.78. The summed E-state index contributed by atoms with van der Waals surface area (Å²) < 4.78 is 0. The first-order valence-electron chi connectivity index (χ1n) is 4.06. The Bertz CT molecular complexity index is 340. The minimum Gasteiger partial charge on any atom is -0.872 e. The van der Waals surface area contributed by atoms with Gasteiger partial charge in [-0.1, -0.05) is 17.9 Å². The molecule has 1 aromatic carbocycles. The Hall–Kier alpha value is -1.51. The normalized spacial score (nSPS) is 12.3. The molecule has 3 nitrogen and oxygen atoms in total. The van der Waals surface area contributed by atoms with Crippen LogP contribution in [0.1, 0.15) is 0 Å². The summed E-state index contributed by atoms with van der Waals surface area (Å²) in [7, 11) is 0. The van der Waals surface area contributed by atoms with Crippen LogP contribution in [0.25, 0.3) is 0 Å². The first kappa shape index (κ1) is 13.5. The third-order valence-electron chi connectivity index (χ3n) is 1.57. The number of rotatable bonds is 0. The van der Waals surface area contributed by atoms with Crippen molar-refractivity contribution in [2.24, 2.45) is 0 Å². The van der Waals surface area contributed by atoms with Crippen molar-refractivity contribution in [3.8, 4) is 0 Å². The average molecular weight is 246 g/mol. The standard InChI is InChI=1S/C6H6O3.C5H5.Fe/c7-5-3-1-2-4(5)6(8)9;1-2-4-5-3-1;/h1-3,7-9H;1-5H;/q;-1;+2/p-1. The molecule has 15 heavy (non-hydrogen) atoms. The molecule has 0 aromatic heterocycles. The molecule has 0 unspecified atom stereocenters. The fourth-order valence-electron chi connectivity index (χ4n) is 0.909. The minimum atomic E-state index is -0.912. The van der Waals surface area contributed by atoms with E-state index >= 15 is 0 Å². The summed E-state index contributed by atoms with van der Waals surface area (Å²) in [6.07, 6.45) is 4.07. The van der Waals surface area contributed by atoms with Crippen LogP contribution in [-0.4, -0.2) is 10.2 Å². The van der Waals surface area contributed by atoms with Crippen LogP contribution in [0.4, 0.5) is 0 Å². The van der Waals surface area contributed by atoms with Gasteiger partial charge in [-0.3, -0.25) is 0 Å². The molecular weight excluding hydrogens is 236 g/mol. The van der Waals surface area contributed by atoms with E-state index in [1.54, 1.807) is 0 Å². The molecule has 2 rings (SSSR count). The predicted octanol–water partition coefficient (Wildman–Crippen LogP) is 1.53. The molecule has 0 bridgehead atoms. The largest absolute Gasteiger partial charge is 2.00 e. The van der Waals surface area contributed by atoms with Crippen LogP contribution >= 0.6 is 0 Å². The maximum atomic E-state index is 10.5. The molecule has 0 amide bonds. The first-order valence-corrected chi connectivity index (χ1v) is 4.06. The van der Waals surface area contributed by atoms with E-state index < -0.39 is 5.95 Å². The van der Waals surface area contributed by atoms with Gasteiger partial charge in [0.15, 0.2) is 0 Å². The molecule has 2 N–H and O–H groups in total. The number of hydrogen-bond acceptors (Lipinski definition) is 3. The topological polar surface area (TPSA) is 63.5 Å². The number of hydrogen-bond donors (Lipinski definition) is 2. The molecule has 0 spiro atoms. The van der Waals surface area contributed by atoms with E-state index in [2.05, 4.69) is 0 Å². The van der Waals surface area contributed by atoms with Gasteiger partial charge >= 0.3 is 17.1 Å². The van der Waals surface area contributed by atoms with Crippen molar-refractivity contribution in [1.82, 2.24) is 0 Å². The van der Waals surface area contributed by atoms with Gasteiger partial charge in [0.05, 0.1) is 0 Å². The molecule has 80 valence electrons. The number of aliphatic hydroxyl groups excluding tert-OH is 1. The van der Waals surface area contributed by atoms with Crippen molar-refractivity contribution in [2.75, 3.05) is 0 Å². The maximum Gasteiger partial charge on any atom is 2.00 e. The average Bonchev–Trinajstić information content (AvgIpc) is 2.74. The van der Waals surface area contributed by atoms with Gasteiger partial charge in [0, 0.05) is 5.57 Å². The van der Waals surface area contributed by atoms with Crippen LogP contribution in [0, 0.1) is 0 Å². The van der Waals surface area contributed by atoms with Crippen LogP contribution < -0.4 is 5.11 Å². The van der Waals surface area contributed by atoms with Gasteiger partial charge < -0.3 is 15.3 Å². The zero-order valence-corrected chi connectivity index (χ0v) is 8.88. The maximum absolute atomic E-state index is 10.5. The van der Waals surface area contributed by atoms with E-state index in [1.165, 1.54) is 18.2 Å². The van der Waals surface area contributed by atoms with Crippen LogP contribution in [0.5, 0.6) is 0 Å². The van der Waals surface area contributed by atoms with Crippen molar-refractivity contribution in [3.63, 3.8) is 0 Å². The van der Waals surface area contributed by atoms with Gasteiger partial charge in [0.2, 0.25) is 0 Å². The van der Waals surface area contributed by atoms with E-state index in [1.807, 2.05) is 30.3 Å². The summed E-state index contributed by atoms with van der Waals surface area (Å²) in [5.41, 5.74) is -0.0463. The Morgan fingerprint density at radius 3 is 2.00 bits per heavy atom. The third kappa shape index (κ3) is 4.49. The van der Waals surface area contributed by atoms with E-state index in [9.17, 15) is 5.11 Å². The minimum absolute atomic E-state index is 0. The molecule has 0 atom stereocenters.